The average Bonchev–Trinajstić information content (AvgIpc) is 3.04. The van der Waals surface area contributed by atoms with Crippen molar-refractivity contribution in [1.29, 1.82) is 5.26 Å². The zero-order valence-electron chi connectivity index (χ0n) is 13.4. The molecule has 2 aromatic carbocycles. The minimum absolute atomic E-state index is 0.315. The number of nitriles is 1. The van der Waals surface area contributed by atoms with Crippen LogP contribution in [0.5, 0.6) is 0 Å². The van der Waals surface area contributed by atoms with Crippen molar-refractivity contribution in [2.45, 2.75) is 10.8 Å². The van der Waals surface area contributed by atoms with Gasteiger partial charge in [-0.15, -0.1) is 0 Å². The molecule has 7 heteroatoms. The van der Waals surface area contributed by atoms with E-state index in [2.05, 4.69) is 15.8 Å². The number of nitrogens with one attached hydrogen (secondary N) is 1. The number of nitrogens with zero attached hydrogens (tertiary/aromatic N) is 2. The zero-order chi connectivity index (χ0) is 18.4. The highest BCUT2D eigenvalue weighted by Crippen LogP contribution is 2.33. The van der Waals surface area contributed by atoms with Crippen LogP contribution in [-0.4, -0.2) is 4.37 Å². The van der Waals surface area contributed by atoms with Crippen LogP contribution in [-0.2, 0) is 5.75 Å². The molecule has 3 rings (SSSR count). The van der Waals surface area contributed by atoms with Gasteiger partial charge < -0.3 is 5.32 Å². The predicted molar refractivity (Wildman–Crippen MR) is 107 cm³/mol. The van der Waals surface area contributed by atoms with Gasteiger partial charge in [-0.1, -0.05) is 47.6 Å². The molecule has 0 radical (unpaired) electrons. The molecule has 0 fully saturated rings. The highest BCUT2D eigenvalue weighted by Gasteiger charge is 2.14. The van der Waals surface area contributed by atoms with Crippen molar-refractivity contribution >= 4 is 46.7 Å². The molecule has 0 unspecified atom stereocenters. The first-order valence-electron chi connectivity index (χ1n) is 7.62. The maximum Gasteiger partial charge on any atom is 0.129 e. The van der Waals surface area contributed by atoms with E-state index in [1.54, 1.807) is 18.3 Å². The van der Waals surface area contributed by atoms with Crippen LogP contribution >= 0.6 is 34.9 Å². The standard InChI is InChI=1S/C19H13ClFN3S2/c20-16-7-4-8-17(21)15(16)12-25-19-14(11-22)18(26-24-19)9-10-23-13-5-2-1-3-6-13/h1-10,23H,12H2/b10-9+. The quantitative estimate of drug-likeness (QED) is 0.501. The van der Waals surface area contributed by atoms with Crippen molar-refractivity contribution in [2.24, 2.45) is 0 Å². The molecule has 0 saturated heterocycles. The summed E-state index contributed by atoms with van der Waals surface area (Å²) in [6, 6.07) is 16.5. The van der Waals surface area contributed by atoms with Gasteiger partial charge in [0, 0.05) is 28.2 Å². The van der Waals surface area contributed by atoms with Crippen molar-refractivity contribution in [3.63, 3.8) is 0 Å². The Hall–Kier alpha value is -2.33. The Morgan fingerprint density at radius 1 is 1.23 bits per heavy atom. The summed E-state index contributed by atoms with van der Waals surface area (Å²) >= 11 is 8.58. The summed E-state index contributed by atoms with van der Waals surface area (Å²) < 4.78 is 18.2. The van der Waals surface area contributed by atoms with Gasteiger partial charge in [0.25, 0.3) is 0 Å². The lowest BCUT2D eigenvalue weighted by atomic mass is 10.2. The third kappa shape index (κ3) is 4.44. The lowest BCUT2D eigenvalue weighted by Gasteiger charge is -2.04. The third-order valence-electron chi connectivity index (χ3n) is 3.47. The van der Waals surface area contributed by atoms with Crippen LogP contribution in [0.1, 0.15) is 16.0 Å². The van der Waals surface area contributed by atoms with E-state index in [0.717, 1.165) is 10.6 Å². The SMILES string of the molecule is N#Cc1c(SCc2c(F)cccc2Cl)nsc1/C=C/Nc1ccccc1. The van der Waals surface area contributed by atoms with Crippen molar-refractivity contribution < 1.29 is 4.39 Å². The second-order valence-corrected chi connectivity index (χ2v) is 7.35. The van der Waals surface area contributed by atoms with Crippen LogP contribution in [0.3, 0.4) is 0 Å². The summed E-state index contributed by atoms with van der Waals surface area (Å²) in [5.41, 5.74) is 1.85. The molecule has 26 heavy (non-hydrogen) atoms. The molecule has 3 nitrogen and oxygen atoms in total. The fraction of sp³-hybridized carbons (Fsp3) is 0.0526. The zero-order valence-corrected chi connectivity index (χ0v) is 15.8. The van der Waals surface area contributed by atoms with Gasteiger partial charge in [-0.05, 0) is 41.9 Å². The predicted octanol–water partition coefficient (Wildman–Crippen LogP) is 6.18. The monoisotopic (exact) mass is 401 g/mol. The van der Waals surface area contributed by atoms with Gasteiger partial charge in [-0.25, -0.2) is 4.39 Å². The van der Waals surface area contributed by atoms with Gasteiger partial charge in [0.15, 0.2) is 0 Å². The maximum atomic E-state index is 13.9. The van der Waals surface area contributed by atoms with Gasteiger partial charge in [0.2, 0.25) is 0 Å². The largest absolute Gasteiger partial charge is 0.362 e. The van der Waals surface area contributed by atoms with E-state index in [1.807, 2.05) is 36.4 Å². The fourth-order valence-corrected chi connectivity index (χ4v) is 4.37. The van der Waals surface area contributed by atoms with Crippen molar-refractivity contribution in [3.8, 4) is 6.07 Å². The molecule has 0 aliphatic heterocycles. The molecule has 0 amide bonds. The molecule has 1 heterocycles. The third-order valence-corrected chi connectivity index (χ3v) is 5.75. The number of para-hydroxylation sites is 1. The van der Waals surface area contributed by atoms with Crippen molar-refractivity contribution in [1.82, 2.24) is 4.37 Å². The minimum Gasteiger partial charge on any atom is -0.362 e. The number of rotatable bonds is 6. The first-order chi connectivity index (χ1) is 12.7. The number of benzene rings is 2. The fourth-order valence-electron chi connectivity index (χ4n) is 2.16. The topological polar surface area (TPSA) is 48.7 Å². The Bertz CT molecular complexity index is 944. The van der Waals surface area contributed by atoms with Gasteiger partial charge in [0.1, 0.15) is 22.5 Å². The number of halogens is 2. The Balaban J connectivity index is 1.71. The number of thioether (sulfide) groups is 1. The Morgan fingerprint density at radius 3 is 2.77 bits per heavy atom. The second kappa shape index (κ2) is 8.86. The lowest BCUT2D eigenvalue weighted by Crippen LogP contribution is -1.90. The molecule has 0 bridgehead atoms. The average molecular weight is 402 g/mol. The van der Waals surface area contributed by atoms with Crippen LogP contribution in [0.4, 0.5) is 10.1 Å². The number of hydrogen-bond donors (Lipinski definition) is 1. The molecule has 1 aromatic heterocycles. The molecule has 3 aromatic rings. The maximum absolute atomic E-state index is 13.9. The highest BCUT2D eigenvalue weighted by molar-refractivity contribution is 7.98. The Morgan fingerprint density at radius 2 is 2.04 bits per heavy atom. The number of anilines is 1. The smallest absolute Gasteiger partial charge is 0.129 e. The summed E-state index contributed by atoms with van der Waals surface area (Å²) in [7, 11) is 0. The van der Waals surface area contributed by atoms with E-state index >= 15 is 0 Å². The molecule has 0 aliphatic carbocycles. The van der Waals surface area contributed by atoms with Crippen LogP contribution in [0.2, 0.25) is 5.02 Å². The number of hydrogen-bond acceptors (Lipinski definition) is 5. The van der Waals surface area contributed by atoms with Gasteiger partial charge in [-0.2, -0.15) is 9.64 Å². The first-order valence-corrected chi connectivity index (χ1v) is 9.76. The van der Waals surface area contributed by atoms with Crippen LogP contribution in [0.25, 0.3) is 6.08 Å². The van der Waals surface area contributed by atoms with Gasteiger partial charge in [-0.3, -0.25) is 0 Å². The van der Waals surface area contributed by atoms with E-state index in [9.17, 15) is 9.65 Å². The van der Waals surface area contributed by atoms with E-state index in [0.29, 0.717) is 26.9 Å². The highest BCUT2D eigenvalue weighted by atomic mass is 35.5. The van der Waals surface area contributed by atoms with Crippen molar-refractivity contribution in [2.75, 3.05) is 5.32 Å². The minimum atomic E-state index is -0.356. The van der Waals surface area contributed by atoms with E-state index < -0.39 is 0 Å². The normalized spacial score (nSPS) is 10.8. The summed E-state index contributed by atoms with van der Waals surface area (Å²) in [6.45, 7) is 0. The molecule has 0 aliphatic rings. The van der Waals surface area contributed by atoms with Crippen LogP contribution in [0, 0.1) is 17.1 Å². The first kappa shape index (κ1) is 18.5. The van der Waals surface area contributed by atoms with Gasteiger partial charge in [0.05, 0.1) is 4.88 Å². The van der Waals surface area contributed by atoms with Crippen LogP contribution < -0.4 is 5.32 Å². The molecule has 0 saturated carbocycles. The molecule has 0 atom stereocenters. The van der Waals surface area contributed by atoms with E-state index in [1.165, 1.54) is 29.4 Å². The summed E-state index contributed by atoms with van der Waals surface area (Å²) in [5.74, 6) is -0.0408. The second-order valence-electron chi connectivity index (χ2n) is 5.17. The Labute approximate surface area is 164 Å². The summed E-state index contributed by atoms with van der Waals surface area (Å²) in [6.07, 6.45) is 3.58. The van der Waals surface area contributed by atoms with E-state index in [4.69, 9.17) is 11.6 Å². The summed E-state index contributed by atoms with van der Waals surface area (Å²) in [5, 5.41) is 13.6. The molecule has 130 valence electrons. The molecular weight excluding hydrogens is 389 g/mol. The van der Waals surface area contributed by atoms with Crippen LogP contribution in [0.15, 0.2) is 59.8 Å². The van der Waals surface area contributed by atoms with E-state index in [-0.39, 0.29) is 5.82 Å². The van der Waals surface area contributed by atoms with Crippen molar-refractivity contribution in [3.05, 3.63) is 81.6 Å². The molecule has 0 spiro atoms. The lowest BCUT2D eigenvalue weighted by molar-refractivity contribution is 0.617. The molecular formula is C19H13ClFN3S2. The number of aromatic nitrogens is 1. The van der Waals surface area contributed by atoms with Gasteiger partial charge >= 0.3 is 0 Å². The molecule has 1 N–H and O–H groups in total. The summed E-state index contributed by atoms with van der Waals surface area (Å²) in [4.78, 5) is 0.748. The Kier molecular flexibility index (Phi) is 6.29.